The summed E-state index contributed by atoms with van der Waals surface area (Å²) in [6, 6.07) is 14.4. The Labute approximate surface area is 135 Å². The number of nitrogens with zero attached hydrogens (tertiary/aromatic N) is 1. The highest BCUT2D eigenvalue weighted by atomic mass is 16.5. The molecule has 1 aliphatic rings. The van der Waals surface area contributed by atoms with E-state index in [0.717, 1.165) is 37.6 Å². The quantitative estimate of drug-likeness (QED) is 0.696. The fourth-order valence-corrected chi connectivity index (χ4v) is 2.51. The molecule has 0 atom stereocenters. The van der Waals surface area contributed by atoms with Gasteiger partial charge in [0.1, 0.15) is 5.75 Å². The molecule has 0 saturated carbocycles. The maximum absolute atomic E-state index is 12.2. The van der Waals surface area contributed by atoms with Crippen molar-refractivity contribution in [3.63, 3.8) is 0 Å². The van der Waals surface area contributed by atoms with Crippen LogP contribution in [0.25, 0.3) is 6.08 Å². The molecule has 2 aromatic rings. The van der Waals surface area contributed by atoms with Gasteiger partial charge in [0.2, 0.25) is 0 Å². The maximum Gasteiger partial charge on any atom is 0.185 e. The molecular formula is C19H19NO3. The SMILES string of the molecule is O=C(/C=C/c1ccc(O)cc1)c1ccc(N2CCOCC2)cc1. The summed E-state index contributed by atoms with van der Waals surface area (Å²) in [7, 11) is 0. The third kappa shape index (κ3) is 3.99. The topological polar surface area (TPSA) is 49.8 Å². The van der Waals surface area contributed by atoms with Crippen molar-refractivity contribution in [2.24, 2.45) is 0 Å². The van der Waals surface area contributed by atoms with Gasteiger partial charge in [0.05, 0.1) is 13.2 Å². The molecule has 0 amide bonds. The Morgan fingerprint density at radius 2 is 1.65 bits per heavy atom. The Kier molecular flexibility index (Phi) is 4.74. The average molecular weight is 309 g/mol. The molecule has 3 rings (SSSR count). The molecule has 1 aliphatic heterocycles. The van der Waals surface area contributed by atoms with E-state index in [1.807, 2.05) is 24.3 Å². The number of phenols is 1. The van der Waals surface area contributed by atoms with Crippen molar-refractivity contribution < 1.29 is 14.6 Å². The predicted octanol–water partition coefficient (Wildman–Crippen LogP) is 3.12. The predicted molar refractivity (Wildman–Crippen MR) is 90.9 cm³/mol. The lowest BCUT2D eigenvalue weighted by Gasteiger charge is -2.28. The number of anilines is 1. The van der Waals surface area contributed by atoms with Crippen molar-refractivity contribution in [3.8, 4) is 5.75 Å². The minimum absolute atomic E-state index is 0.0356. The van der Waals surface area contributed by atoms with Gasteiger partial charge in [0.15, 0.2) is 5.78 Å². The molecule has 0 aliphatic carbocycles. The average Bonchev–Trinajstić information content (AvgIpc) is 2.62. The summed E-state index contributed by atoms with van der Waals surface area (Å²) in [5.74, 6) is 0.179. The number of hydrogen-bond donors (Lipinski definition) is 1. The van der Waals surface area contributed by atoms with Crippen LogP contribution in [0, 0.1) is 0 Å². The molecule has 1 N–H and O–H groups in total. The van der Waals surface area contributed by atoms with E-state index in [2.05, 4.69) is 4.90 Å². The molecule has 0 unspecified atom stereocenters. The van der Waals surface area contributed by atoms with Crippen LogP contribution in [0.3, 0.4) is 0 Å². The first-order chi connectivity index (χ1) is 11.2. The van der Waals surface area contributed by atoms with E-state index >= 15 is 0 Å². The number of ketones is 1. The van der Waals surface area contributed by atoms with E-state index in [0.29, 0.717) is 5.56 Å². The number of aromatic hydroxyl groups is 1. The van der Waals surface area contributed by atoms with Crippen LogP contribution < -0.4 is 4.90 Å². The number of hydrogen-bond acceptors (Lipinski definition) is 4. The molecular weight excluding hydrogens is 290 g/mol. The third-order valence-corrected chi connectivity index (χ3v) is 3.85. The Morgan fingerprint density at radius 1 is 1.00 bits per heavy atom. The van der Waals surface area contributed by atoms with Crippen LogP contribution in [0.2, 0.25) is 0 Å². The van der Waals surface area contributed by atoms with Gasteiger partial charge in [-0.25, -0.2) is 0 Å². The second-order valence-corrected chi connectivity index (χ2v) is 5.44. The Hall–Kier alpha value is -2.59. The smallest absolute Gasteiger partial charge is 0.185 e. The molecule has 0 bridgehead atoms. The van der Waals surface area contributed by atoms with Crippen LogP contribution in [-0.2, 0) is 4.74 Å². The van der Waals surface area contributed by atoms with Crippen LogP contribution in [-0.4, -0.2) is 37.2 Å². The van der Waals surface area contributed by atoms with E-state index < -0.39 is 0 Å². The number of allylic oxidation sites excluding steroid dienone is 1. The molecule has 4 heteroatoms. The summed E-state index contributed by atoms with van der Waals surface area (Å²) in [6.07, 6.45) is 3.30. The number of rotatable bonds is 4. The van der Waals surface area contributed by atoms with Crippen molar-refractivity contribution in [2.75, 3.05) is 31.2 Å². The number of carbonyl (C=O) groups is 1. The highest BCUT2D eigenvalue weighted by molar-refractivity contribution is 6.06. The summed E-state index contributed by atoms with van der Waals surface area (Å²) >= 11 is 0. The minimum atomic E-state index is -0.0356. The second-order valence-electron chi connectivity index (χ2n) is 5.44. The van der Waals surface area contributed by atoms with Gasteiger partial charge in [-0.3, -0.25) is 4.79 Å². The van der Waals surface area contributed by atoms with Crippen LogP contribution in [0.15, 0.2) is 54.6 Å². The molecule has 0 aromatic heterocycles. The lowest BCUT2D eigenvalue weighted by molar-refractivity contribution is 0.104. The number of carbonyl (C=O) groups excluding carboxylic acids is 1. The molecule has 1 heterocycles. The van der Waals surface area contributed by atoms with Crippen LogP contribution in [0.4, 0.5) is 5.69 Å². The Balaban J connectivity index is 1.66. The first kappa shape index (κ1) is 15.3. The first-order valence-electron chi connectivity index (χ1n) is 7.66. The zero-order chi connectivity index (χ0) is 16.1. The number of benzene rings is 2. The van der Waals surface area contributed by atoms with Crippen molar-refractivity contribution >= 4 is 17.5 Å². The van der Waals surface area contributed by atoms with E-state index in [9.17, 15) is 9.90 Å². The first-order valence-corrected chi connectivity index (χ1v) is 7.66. The van der Waals surface area contributed by atoms with Gasteiger partial charge in [-0.1, -0.05) is 18.2 Å². The van der Waals surface area contributed by atoms with Gasteiger partial charge >= 0.3 is 0 Å². The van der Waals surface area contributed by atoms with Gasteiger partial charge in [0, 0.05) is 24.3 Å². The molecule has 1 saturated heterocycles. The van der Waals surface area contributed by atoms with Crippen LogP contribution in [0.1, 0.15) is 15.9 Å². The summed E-state index contributed by atoms with van der Waals surface area (Å²) in [4.78, 5) is 14.5. The Bertz CT molecular complexity index is 684. The maximum atomic E-state index is 12.2. The zero-order valence-electron chi connectivity index (χ0n) is 12.8. The van der Waals surface area contributed by atoms with Crippen molar-refractivity contribution in [1.82, 2.24) is 0 Å². The normalized spacial score (nSPS) is 15.0. The summed E-state index contributed by atoms with van der Waals surface area (Å²) in [6.45, 7) is 3.26. The van der Waals surface area contributed by atoms with E-state index in [4.69, 9.17) is 4.74 Å². The molecule has 23 heavy (non-hydrogen) atoms. The summed E-state index contributed by atoms with van der Waals surface area (Å²) < 4.78 is 5.34. The van der Waals surface area contributed by atoms with Crippen molar-refractivity contribution in [3.05, 3.63) is 65.7 Å². The molecule has 0 spiro atoms. The fourth-order valence-electron chi connectivity index (χ4n) is 2.51. The van der Waals surface area contributed by atoms with Crippen molar-refractivity contribution in [1.29, 1.82) is 0 Å². The summed E-state index contributed by atoms with van der Waals surface area (Å²) in [5.41, 5.74) is 2.66. The Morgan fingerprint density at radius 3 is 2.30 bits per heavy atom. The summed E-state index contributed by atoms with van der Waals surface area (Å²) in [5, 5.41) is 9.24. The number of morpholine rings is 1. The molecule has 4 nitrogen and oxygen atoms in total. The van der Waals surface area contributed by atoms with Gasteiger partial charge in [-0.2, -0.15) is 0 Å². The second kappa shape index (κ2) is 7.11. The van der Waals surface area contributed by atoms with Gasteiger partial charge in [0.25, 0.3) is 0 Å². The van der Waals surface area contributed by atoms with Crippen LogP contribution >= 0.6 is 0 Å². The molecule has 1 fully saturated rings. The standard InChI is InChI=1S/C19H19NO3/c21-18-8-1-15(2-9-18)3-10-19(22)16-4-6-17(7-5-16)20-11-13-23-14-12-20/h1-10,21H,11-14H2/b10-3+. The van der Waals surface area contributed by atoms with Crippen LogP contribution in [0.5, 0.6) is 5.75 Å². The van der Waals surface area contributed by atoms with Crippen molar-refractivity contribution in [2.45, 2.75) is 0 Å². The van der Waals surface area contributed by atoms with Gasteiger partial charge < -0.3 is 14.7 Å². The zero-order valence-corrected chi connectivity index (χ0v) is 12.8. The molecule has 2 aromatic carbocycles. The molecule has 0 radical (unpaired) electrons. The van der Waals surface area contributed by atoms with E-state index in [-0.39, 0.29) is 11.5 Å². The largest absolute Gasteiger partial charge is 0.508 e. The highest BCUT2D eigenvalue weighted by Crippen LogP contribution is 2.17. The van der Waals surface area contributed by atoms with Gasteiger partial charge in [-0.15, -0.1) is 0 Å². The van der Waals surface area contributed by atoms with E-state index in [1.165, 1.54) is 0 Å². The monoisotopic (exact) mass is 309 g/mol. The number of ether oxygens (including phenoxy) is 1. The third-order valence-electron chi connectivity index (χ3n) is 3.85. The minimum Gasteiger partial charge on any atom is -0.508 e. The van der Waals surface area contributed by atoms with E-state index in [1.54, 1.807) is 36.4 Å². The van der Waals surface area contributed by atoms with Gasteiger partial charge in [-0.05, 0) is 48.0 Å². The lowest BCUT2D eigenvalue weighted by Crippen LogP contribution is -2.36. The fraction of sp³-hybridized carbons (Fsp3) is 0.211. The number of phenolic OH excluding ortho intramolecular Hbond substituents is 1. The highest BCUT2D eigenvalue weighted by Gasteiger charge is 2.11. The lowest BCUT2D eigenvalue weighted by atomic mass is 10.1. The molecule has 118 valence electrons.